The van der Waals surface area contributed by atoms with Gasteiger partial charge in [0.25, 0.3) is 0 Å². The monoisotopic (exact) mass is 324 g/mol. The molecule has 5 heteroatoms. The Morgan fingerprint density at radius 1 is 1.45 bits per heavy atom. The van der Waals surface area contributed by atoms with E-state index in [1.807, 2.05) is 32.9 Å². The molecule has 122 valence electrons. The second-order valence-corrected chi connectivity index (χ2v) is 7.28. The van der Waals surface area contributed by atoms with Gasteiger partial charge in [0.2, 0.25) is 0 Å². The van der Waals surface area contributed by atoms with E-state index in [1.54, 1.807) is 6.07 Å². The van der Waals surface area contributed by atoms with Crippen molar-refractivity contribution in [1.82, 2.24) is 5.32 Å². The zero-order chi connectivity index (χ0) is 16.2. The summed E-state index contributed by atoms with van der Waals surface area (Å²) in [4.78, 5) is 12.0. The Hall–Kier alpha value is -1.26. The van der Waals surface area contributed by atoms with Gasteiger partial charge in [0, 0.05) is 10.7 Å². The van der Waals surface area contributed by atoms with Crippen molar-refractivity contribution >= 4 is 23.4 Å². The molecule has 1 heterocycles. The molecule has 0 radical (unpaired) electrons. The first-order chi connectivity index (χ1) is 10.3. The number of halogens is 1. The summed E-state index contributed by atoms with van der Waals surface area (Å²) in [6.07, 6.45) is 2.89. The van der Waals surface area contributed by atoms with Crippen LogP contribution < -0.4 is 10.6 Å². The van der Waals surface area contributed by atoms with Gasteiger partial charge in [-0.25, -0.2) is 4.79 Å². The smallest absolute Gasteiger partial charge is 0.412 e. The molecular formula is C17H25ClN2O2. The summed E-state index contributed by atoms with van der Waals surface area (Å²) in [5.41, 5.74) is 1.33. The molecule has 4 nitrogen and oxygen atoms in total. The van der Waals surface area contributed by atoms with E-state index in [0.29, 0.717) is 10.9 Å². The molecule has 0 aliphatic carbocycles. The third-order valence-electron chi connectivity index (χ3n) is 3.62. The molecule has 1 fully saturated rings. The number of benzene rings is 1. The molecule has 22 heavy (non-hydrogen) atoms. The Bertz CT molecular complexity index is 520. The highest BCUT2D eigenvalue weighted by molar-refractivity contribution is 6.31. The lowest BCUT2D eigenvalue weighted by atomic mass is 9.91. The van der Waals surface area contributed by atoms with Crippen LogP contribution in [0.15, 0.2) is 18.2 Å². The van der Waals surface area contributed by atoms with Gasteiger partial charge in [-0.2, -0.15) is 0 Å². The average Bonchev–Trinajstić information content (AvgIpc) is 2.41. The predicted molar refractivity (Wildman–Crippen MR) is 90.6 cm³/mol. The van der Waals surface area contributed by atoms with Gasteiger partial charge < -0.3 is 10.1 Å². The van der Waals surface area contributed by atoms with Crippen molar-refractivity contribution in [2.24, 2.45) is 5.92 Å². The van der Waals surface area contributed by atoms with Crippen LogP contribution in [0.3, 0.4) is 0 Å². The Kier molecular flexibility index (Phi) is 5.70. The van der Waals surface area contributed by atoms with Crippen LogP contribution in [-0.2, 0) is 11.2 Å². The zero-order valence-corrected chi connectivity index (χ0v) is 14.3. The Balaban J connectivity index is 2.08. The van der Waals surface area contributed by atoms with Crippen LogP contribution in [0.1, 0.15) is 39.2 Å². The highest BCUT2D eigenvalue weighted by Gasteiger charge is 2.19. The highest BCUT2D eigenvalue weighted by Crippen LogP contribution is 2.26. The Morgan fingerprint density at radius 3 is 2.86 bits per heavy atom. The first-order valence-corrected chi connectivity index (χ1v) is 8.20. The second kappa shape index (κ2) is 7.34. The number of hydrogen-bond donors (Lipinski definition) is 2. The summed E-state index contributed by atoms with van der Waals surface area (Å²) in [7, 11) is 0. The number of piperidine rings is 1. The number of hydrogen-bond acceptors (Lipinski definition) is 3. The van der Waals surface area contributed by atoms with Crippen molar-refractivity contribution in [2.45, 2.75) is 45.6 Å². The van der Waals surface area contributed by atoms with Gasteiger partial charge in [-0.05, 0) is 76.7 Å². The van der Waals surface area contributed by atoms with Crippen molar-refractivity contribution in [1.29, 1.82) is 0 Å². The normalized spacial score (nSPS) is 18.8. The number of amides is 1. The molecule has 1 aliphatic rings. The fourth-order valence-corrected chi connectivity index (χ4v) is 2.84. The molecular weight excluding hydrogens is 300 g/mol. The quantitative estimate of drug-likeness (QED) is 0.874. The molecule has 0 bridgehead atoms. The van der Waals surface area contributed by atoms with Crippen LogP contribution in [0.4, 0.5) is 10.5 Å². The minimum absolute atomic E-state index is 0.446. The van der Waals surface area contributed by atoms with Crippen molar-refractivity contribution < 1.29 is 9.53 Å². The van der Waals surface area contributed by atoms with Gasteiger partial charge in [-0.3, -0.25) is 5.32 Å². The first kappa shape index (κ1) is 17.1. The third-order valence-corrected chi connectivity index (χ3v) is 3.85. The summed E-state index contributed by atoms with van der Waals surface area (Å²) in [5, 5.41) is 6.86. The molecule has 1 amide bonds. The standard InChI is InChI=1S/C17H25ClN2O2/c1-17(2,3)22-16(21)20-15-10-14(18)7-6-13(15)9-12-5-4-8-19-11-12/h6-7,10,12,19H,4-5,8-9,11H2,1-3H3,(H,20,21). The van der Waals surface area contributed by atoms with E-state index < -0.39 is 11.7 Å². The van der Waals surface area contributed by atoms with E-state index in [0.717, 1.165) is 30.8 Å². The van der Waals surface area contributed by atoms with Gasteiger partial charge in [-0.15, -0.1) is 0 Å². The van der Waals surface area contributed by atoms with Crippen molar-refractivity contribution in [2.75, 3.05) is 18.4 Å². The van der Waals surface area contributed by atoms with Crippen LogP contribution in [-0.4, -0.2) is 24.8 Å². The number of carbonyl (C=O) groups is 1. The van der Waals surface area contributed by atoms with Crippen LogP contribution in [0, 0.1) is 5.92 Å². The molecule has 2 N–H and O–H groups in total. The van der Waals surface area contributed by atoms with E-state index in [2.05, 4.69) is 10.6 Å². The SMILES string of the molecule is CC(C)(C)OC(=O)Nc1cc(Cl)ccc1CC1CCCNC1. The molecule has 1 aliphatic heterocycles. The maximum absolute atomic E-state index is 12.0. The summed E-state index contributed by atoms with van der Waals surface area (Å²) in [5.74, 6) is 0.592. The second-order valence-electron chi connectivity index (χ2n) is 6.84. The van der Waals surface area contributed by atoms with Crippen LogP contribution >= 0.6 is 11.6 Å². The minimum atomic E-state index is -0.518. The van der Waals surface area contributed by atoms with Crippen molar-refractivity contribution in [3.8, 4) is 0 Å². The number of nitrogens with one attached hydrogen (secondary N) is 2. The van der Waals surface area contributed by atoms with E-state index in [-0.39, 0.29) is 0 Å². The summed E-state index contributed by atoms with van der Waals surface area (Å²) < 4.78 is 5.32. The van der Waals surface area contributed by atoms with E-state index in [4.69, 9.17) is 16.3 Å². The number of anilines is 1. The van der Waals surface area contributed by atoms with E-state index in [1.165, 1.54) is 12.8 Å². The average molecular weight is 325 g/mol. The molecule has 1 unspecified atom stereocenters. The first-order valence-electron chi connectivity index (χ1n) is 7.82. The molecule has 2 rings (SSSR count). The maximum atomic E-state index is 12.0. The lowest BCUT2D eigenvalue weighted by molar-refractivity contribution is 0.0635. The van der Waals surface area contributed by atoms with Crippen molar-refractivity contribution in [3.63, 3.8) is 0 Å². The van der Waals surface area contributed by atoms with Crippen molar-refractivity contribution in [3.05, 3.63) is 28.8 Å². The highest BCUT2D eigenvalue weighted by atomic mass is 35.5. The molecule has 0 aromatic heterocycles. The summed E-state index contributed by atoms with van der Waals surface area (Å²) in [6.45, 7) is 7.66. The van der Waals surface area contributed by atoms with Gasteiger partial charge >= 0.3 is 6.09 Å². The van der Waals surface area contributed by atoms with Crippen LogP contribution in [0.2, 0.25) is 5.02 Å². The van der Waals surface area contributed by atoms with E-state index in [9.17, 15) is 4.79 Å². The lowest BCUT2D eigenvalue weighted by Crippen LogP contribution is -2.31. The fraction of sp³-hybridized carbons (Fsp3) is 0.588. The summed E-state index contributed by atoms with van der Waals surface area (Å²) >= 11 is 6.07. The van der Waals surface area contributed by atoms with Crippen LogP contribution in [0.5, 0.6) is 0 Å². The Morgan fingerprint density at radius 2 is 2.23 bits per heavy atom. The fourth-order valence-electron chi connectivity index (χ4n) is 2.67. The van der Waals surface area contributed by atoms with Gasteiger partial charge in [0.15, 0.2) is 0 Å². The van der Waals surface area contributed by atoms with Gasteiger partial charge in [0.05, 0.1) is 0 Å². The van der Waals surface area contributed by atoms with E-state index >= 15 is 0 Å². The molecule has 0 saturated carbocycles. The molecule has 1 aromatic rings. The van der Waals surface area contributed by atoms with Crippen LogP contribution in [0.25, 0.3) is 0 Å². The maximum Gasteiger partial charge on any atom is 0.412 e. The third kappa shape index (κ3) is 5.50. The molecule has 1 aromatic carbocycles. The molecule has 0 spiro atoms. The summed E-state index contributed by atoms with van der Waals surface area (Å²) in [6, 6.07) is 5.65. The zero-order valence-electron chi connectivity index (χ0n) is 13.5. The Labute approximate surface area is 137 Å². The number of carbonyl (C=O) groups excluding carboxylic acids is 1. The molecule has 1 atom stereocenters. The predicted octanol–water partition coefficient (Wildman–Crippen LogP) is 4.23. The van der Waals surface area contributed by atoms with Gasteiger partial charge in [0.1, 0.15) is 5.60 Å². The largest absolute Gasteiger partial charge is 0.444 e. The topological polar surface area (TPSA) is 50.4 Å². The number of ether oxygens (including phenoxy) is 1. The van der Waals surface area contributed by atoms with Gasteiger partial charge in [-0.1, -0.05) is 17.7 Å². The number of rotatable bonds is 3. The molecule has 1 saturated heterocycles. The minimum Gasteiger partial charge on any atom is -0.444 e. The lowest BCUT2D eigenvalue weighted by Gasteiger charge is -2.24.